The Bertz CT molecular complexity index is 1520. The summed E-state index contributed by atoms with van der Waals surface area (Å²) in [6.07, 6.45) is 4.92. The number of rotatable bonds is 10. The third-order valence-electron chi connectivity index (χ3n) is 9.07. The summed E-state index contributed by atoms with van der Waals surface area (Å²) in [5.74, 6) is 1.43. The van der Waals surface area contributed by atoms with Crippen molar-refractivity contribution < 1.29 is 22.7 Å². The van der Waals surface area contributed by atoms with Crippen molar-refractivity contribution >= 4 is 32.5 Å². The Hall–Kier alpha value is -3.44. The van der Waals surface area contributed by atoms with E-state index in [0.29, 0.717) is 71.0 Å². The third-order valence-corrected chi connectivity index (χ3v) is 11.0. The minimum Gasteiger partial charge on any atom is -0.493 e. The number of methoxy groups -OCH3 is 2. The molecule has 1 amide bonds. The SMILES string of the molecule is COc1cc2ncnc(N[C@H]3CCN(C4(CS(=O)(=O)c5ccccc5)CCC(N(C)C(C)C)CC4)C3=O)c2cc1OC. The summed E-state index contributed by atoms with van der Waals surface area (Å²) in [5, 5.41) is 4.06. The smallest absolute Gasteiger partial charge is 0.245 e. The minimum atomic E-state index is -3.63. The summed E-state index contributed by atoms with van der Waals surface area (Å²) in [7, 11) is 1.63. The second-order valence-corrected chi connectivity index (χ2v) is 13.7. The number of benzene rings is 2. The fourth-order valence-electron chi connectivity index (χ4n) is 6.47. The van der Waals surface area contributed by atoms with Gasteiger partial charge in [0, 0.05) is 30.1 Å². The number of likely N-dealkylation sites (tertiary alicyclic amines) is 1. The zero-order valence-electron chi connectivity index (χ0n) is 25.0. The maximum Gasteiger partial charge on any atom is 0.245 e. The normalized spacial score (nSPS) is 23.1. The molecule has 10 nitrogen and oxygen atoms in total. The number of nitrogens with one attached hydrogen (secondary N) is 1. The predicted molar refractivity (Wildman–Crippen MR) is 163 cm³/mol. The van der Waals surface area contributed by atoms with E-state index in [2.05, 4.69) is 41.1 Å². The number of hydrogen-bond acceptors (Lipinski definition) is 9. The van der Waals surface area contributed by atoms with Crippen molar-refractivity contribution in [2.24, 2.45) is 0 Å². The van der Waals surface area contributed by atoms with Crippen LogP contribution in [0, 0.1) is 0 Å². The number of carbonyl (C=O) groups excluding carboxylic acids is 1. The molecule has 2 fully saturated rings. The second kappa shape index (κ2) is 12.0. The molecule has 1 aliphatic heterocycles. The van der Waals surface area contributed by atoms with E-state index >= 15 is 0 Å². The Kier molecular flexibility index (Phi) is 8.61. The molecule has 0 radical (unpaired) electrons. The van der Waals surface area contributed by atoms with Crippen molar-refractivity contribution in [3.05, 3.63) is 48.8 Å². The zero-order valence-corrected chi connectivity index (χ0v) is 25.9. The van der Waals surface area contributed by atoms with Gasteiger partial charge in [-0.15, -0.1) is 0 Å². The highest BCUT2D eigenvalue weighted by Gasteiger charge is 2.50. The van der Waals surface area contributed by atoms with Crippen molar-refractivity contribution in [2.75, 3.05) is 38.9 Å². The summed E-state index contributed by atoms with van der Waals surface area (Å²) in [4.78, 5) is 27.4. The number of anilines is 1. The van der Waals surface area contributed by atoms with Crippen molar-refractivity contribution in [2.45, 2.75) is 74.5 Å². The summed E-state index contributed by atoms with van der Waals surface area (Å²) >= 11 is 0. The molecule has 0 unspecified atom stereocenters. The van der Waals surface area contributed by atoms with Crippen LogP contribution >= 0.6 is 0 Å². The van der Waals surface area contributed by atoms with E-state index in [1.807, 2.05) is 11.0 Å². The Morgan fingerprint density at radius 3 is 2.36 bits per heavy atom. The highest BCUT2D eigenvalue weighted by atomic mass is 32.2. The largest absolute Gasteiger partial charge is 0.493 e. The molecular formula is C31H41N5O5S. The standard InChI is InChI=1S/C31H41N5O5S/c1-21(2)35(3)22-11-14-31(15-12-22,19-42(38,39)23-9-7-6-8-10-23)36-16-13-25(30(36)37)34-29-24-17-27(40-4)28(41-5)18-26(24)32-20-33-29/h6-10,17-18,20-22,25H,11-16,19H2,1-5H3,(H,32,33,34)/t22?,25-,31?/m0/s1. The Morgan fingerprint density at radius 2 is 1.71 bits per heavy atom. The van der Waals surface area contributed by atoms with Gasteiger partial charge >= 0.3 is 0 Å². The van der Waals surface area contributed by atoms with Crippen LogP contribution in [0.4, 0.5) is 5.82 Å². The minimum absolute atomic E-state index is 0.0893. The number of ether oxygens (including phenoxy) is 2. The zero-order chi connectivity index (χ0) is 30.1. The molecule has 1 N–H and O–H groups in total. The van der Waals surface area contributed by atoms with Gasteiger partial charge in [-0.2, -0.15) is 0 Å². The van der Waals surface area contributed by atoms with Gasteiger partial charge in [-0.05, 0) is 71.2 Å². The van der Waals surface area contributed by atoms with Gasteiger partial charge in [0.25, 0.3) is 0 Å². The van der Waals surface area contributed by atoms with Crippen LogP contribution in [0.25, 0.3) is 10.9 Å². The highest BCUT2D eigenvalue weighted by molar-refractivity contribution is 7.91. The van der Waals surface area contributed by atoms with Crippen LogP contribution < -0.4 is 14.8 Å². The number of aromatic nitrogens is 2. The van der Waals surface area contributed by atoms with E-state index in [-0.39, 0.29) is 11.7 Å². The molecule has 0 spiro atoms. The average molecular weight is 596 g/mol. The van der Waals surface area contributed by atoms with Crippen LogP contribution in [0.3, 0.4) is 0 Å². The lowest BCUT2D eigenvalue weighted by atomic mass is 9.78. The molecule has 42 heavy (non-hydrogen) atoms. The molecule has 11 heteroatoms. The van der Waals surface area contributed by atoms with E-state index in [1.54, 1.807) is 50.6 Å². The van der Waals surface area contributed by atoms with Crippen LogP contribution in [0.5, 0.6) is 11.5 Å². The molecule has 2 heterocycles. The maximum absolute atomic E-state index is 14.1. The van der Waals surface area contributed by atoms with E-state index in [1.165, 1.54) is 6.33 Å². The topological polar surface area (TPSA) is 114 Å². The van der Waals surface area contributed by atoms with Gasteiger partial charge in [-0.1, -0.05) is 18.2 Å². The summed E-state index contributed by atoms with van der Waals surface area (Å²) < 4.78 is 38.3. The fourth-order valence-corrected chi connectivity index (χ4v) is 8.36. The van der Waals surface area contributed by atoms with Gasteiger partial charge in [-0.25, -0.2) is 18.4 Å². The molecule has 1 aromatic heterocycles. The predicted octanol–water partition coefficient (Wildman–Crippen LogP) is 4.16. The Morgan fingerprint density at radius 1 is 1.05 bits per heavy atom. The molecule has 3 aromatic rings. The first-order chi connectivity index (χ1) is 20.1. The molecule has 1 aliphatic carbocycles. The van der Waals surface area contributed by atoms with Crippen LogP contribution in [0.15, 0.2) is 53.7 Å². The Labute approximate surface area is 248 Å². The van der Waals surface area contributed by atoms with Gasteiger partial charge in [-0.3, -0.25) is 4.79 Å². The molecule has 0 bridgehead atoms. The van der Waals surface area contributed by atoms with Crippen LogP contribution in [-0.4, -0.2) is 91.3 Å². The van der Waals surface area contributed by atoms with Crippen LogP contribution in [0.1, 0.15) is 46.0 Å². The quantitative estimate of drug-likeness (QED) is 0.369. The first-order valence-corrected chi connectivity index (χ1v) is 16.2. The van der Waals surface area contributed by atoms with E-state index in [0.717, 1.165) is 12.8 Å². The molecule has 2 aliphatic rings. The molecule has 2 aromatic carbocycles. The lowest BCUT2D eigenvalue weighted by molar-refractivity contribution is -0.134. The number of sulfone groups is 1. The van der Waals surface area contributed by atoms with Gasteiger partial charge in [0.15, 0.2) is 21.3 Å². The van der Waals surface area contributed by atoms with Gasteiger partial charge < -0.3 is 24.6 Å². The molecule has 1 saturated carbocycles. The number of carbonyl (C=O) groups is 1. The molecule has 1 atom stereocenters. The van der Waals surface area contributed by atoms with E-state index < -0.39 is 21.4 Å². The summed E-state index contributed by atoms with van der Waals surface area (Å²) in [6, 6.07) is 12.4. The molecule has 1 saturated heterocycles. The van der Waals surface area contributed by atoms with Crippen LogP contribution in [0.2, 0.25) is 0 Å². The molecule has 226 valence electrons. The van der Waals surface area contributed by atoms with E-state index in [9.17, 15) is 13.2 Å². The summed E-state index contributed by atoms with van der Waals surface area (Å²) in [6.45, 7) is 4.82. The van der Waals surface area contributed by atoms with Gasteiger partial charge in [0.05, 0.1) is 35.9 Å². The van der Waals surface area contributed by atoms with Crippen molar-refractivity contribution in [3.63, 3.8) is 0 Å². The number of amides is 1. The second-order valence-electron chi connectivity index (χ2n) is 11.7. The van der Waals surface area contributed by atoms with Gasteiger partial charge in [0.1, 0.15) is 18.2 Å². The molecular weight excluding hydrogens is 554 g/mol. The lowest BCUT2D eigenvalue weighted by Gasteiger charge is -2.48. The first kappa shape index (κ1) is 30.0. The first-order valence-electron chi connectivity index (χ1n) is 14.5. The highest BCUT2D eigenvalue weighted by Crippen LogP contribution is 2.41. The van der Waals surface area contributed by atoms with Gasteiger partial charge in [0.2, 0.25) is 5.91 Å². The number of fused-ring (bicyclic) bond motifs is 1. The van der Waals surface area contributed by atoms with Crippen molar-refractivity contribution in [3.8, 4) is 11.5 Å². The monoisotopic (exact) mass is 595 g/mol. The fraction of sp³-hybridized carbons (Fsp3) is 0.516. The number of nitrogens with zero attached hydrogens (tertiary/aromatic N) is 4. The van der Waals surface area contributed by atoms with Crippen molar-refractivity contribution in [1.82, 2.24) is 19.8 Å². The maximum atomic E-state index is 14.1. The average Bonchev–Trinajstić information content (AvgIpc) is 3.37. The molecule has 5 rings (SSSR count). The van der Waals surface area contributed by atoms with Crippen LogP contribution in [-0.2, 0) is 14.6 Å². The van der Waals surface area contributed by atoms with E-state index in [4.69, 9.17) is 9.47 Å². The lowest BCUT2D eigenvalue weighted by Crippen LogP contribution is -2.58. The summed E-state index contributed by atoms with van der Waals surface area (Å²) in [5.41, 5.74) is -0.119. The third kappa shape index (κ3) is 5.76. The van der Waals surface area contributed by atoms with Crippen molar-refractivity contribution in [1.29, 1.82) is 0 Å². The Balaban J connectivity index is 1.43. The number of hydrogen-bond donors (Lipinski definition) is 1.